The quantitative estimate of drug-likeness (QED) is 0.897. The lowest BCUT2D eigenvalue weighted by Gasteiger charge is -2.30. The number of nitrogens with zero attached hydrogens (tertiary/aromatic N) is 2. The first-order valence-electron chi connectivity index (χ1n) is 8.84. The largest absolute Gasteiger partial charge is 0.378 e. The molecule has 2 amide bonds. The second kappa shape index (κ2) is 7.19. The molecular formula is C19H22N4O2. The van der Waals surface area contributed by atoms with Gasteiger partial charge in [0.15, 0.2) is 5.82 Å². The summed E-state index contributed by atoms with van der Waals surface area (Å²) in [5.41, 5.74) is 1.54. The highest BCUT2D eigenvalue weighted by atomic mass is 16.5. The van der Waals surface area contributed by atoms with E-state index in [9.17, 15) is 4.79 Å². The molecule has 6 nitrogen and oxygen atoms in total. The highest BCUT2D eigenvalue weighted by Crippen LogP contribution is 2.38. The summed E-state index contributed by atoms with van der Waals surface area (Å²) in [6.07, 6.45) is 7.86. The molecule has 0 unspecified atom stereocenters. The van der Waals surface area contributed by atoms with E-state index in [-0.39, 0.29) is 12.1 Å². The third-order valence-corrected chi connectivity index (χ3v) is 4.74. The topological polar surface area (TPSA) is 76.1 Å². The highest BCUT2D eigenvalue weighted by molar-refractivity contribution is 5.89. The van der Waals surface area contributed by atoms with Crippen LogP contribution in [0, 0.1) is 5.92 Å². The number of aromatic nitrogens is 2. The Kier molecular flexibility index (Phi) is 4.61. The van der Waals surface area contributed by atoms with Crippen LogP contribution >= 0.6 is 0 Å². The fraction of sp³-hybridized carbons (Fsp3) is 0.421. The number of urea groups is 1. The number of benzene rings is 1. The van der Waals surface area contributed by atoms with Gasteiger partial charge in [0.25, 0.3) is 0 Å². The maximum Gasteiger partial charge on any atom is 0.319 e. The molecule has 0 radical (unpaired) electrons. The van der Waals surface area contributed by atoms with Crippen molar-refractivity contribution in [3.05, 3.63) is 42.7 Å². The Morgan fingerprint density at radius 2 is 1.84 bits per heavy atom. The molecule has 2 N–H and O–H groups in total. The number of rotatable bonds is 4. The Morgan fingerprint density at radius 3 is 2.56 bits per heavy atom. The first kappa shape index (κ1) is 16.0. The monoisotopic (exact) mass is 338 g/mol. The second-order valence-corrected chi connectivity index (χ2v) is 6.73. The van der Waals surface area contributed by atoms with Gasteiger partial charge in [0.2, 0.25) is 0 Å². The van der Waals surface area contributed by atoms with Crippen LogP contribution in [0.15, 0.2) is 42.7 Å². The van der Waals surface area contributed by atoms with Gasteiger partial charge in [0.1, 0.15) is 0 Å². The van der Waals surface area contributed by atoms with E-state index in [1.54, 1.807) is 12.4 Å². The van der Waals surface area contributed by atoms with E-state index in [1.807, 2.05) is 30.3 Å². The minimum absolute atomic E-state index is 0.170. The van der Waals surface area contributed by atoms with Gasteiger partial charge in [-0.2, -0.15) is 0 Å². The van der Waals surface area contributed by atoms with E-state index in [2.05, 4.69) is 20.6 Å². The molecule has 1 aliphatic heterocycles. The Bertz CT molecular complexity index is 716. The van der Waals surface area contributed by atoms with Crippen molar-refractivity contribution in [2.24, 2.45) is 5.92 Å². The van der Waals surface area contributed by atoms with Gasteiger partial charge in [-0.3, -0.25) is 0 Å². The van der Waals surface area contributed by atoms with E-state index in [0.717, 1.165) is 25.0 Å². The Morgan fingerprint density at radius 1 is 1.08 bits per heavy atom. The number of carbonyl (C=O) groups excluding carboxylic acids is 1. The molecule has 1 aromatic carbocycles. The predicted molar refractivity (Wildman–Crippen MR) is 95.1 cm³/mol. The lowest BCUT2D eigenvalue weighted by Crippen LogP contribution is -2.44. The zero-order valence-electron chi connectivity index (χ0n) is 14.0. The molecule has 6 heteroatoms. The normalized spacial score (nSPS) is 23.0. The average molecular weight is 338 g/mol. The second-order valence-electron chi connectivity index (χ2n) is 6.73. The van der Waals surface area contributed by atoms with Crippen molar-refractivity contribution < 1.29 is 9.53 Å². The first-order valence-corrected chi connectivity index (χ1v) is 8.84. The molecule has 0 bridgehead atoms. The summed E-state index contributed by atoms with van der Waals surface area (Å²) in [5, 5.41) is 5.85. The van der Waals surface area contributed by atoms with Crippen molar-refractivity contribution in [3.63, 3.8) is 0 Å². The summed E-state index contributed by atoms with van der Waals surface area (Å²) in [6, 6.07) is 9.71. The van der Waals surface area contributed by atoms with Crippen LogP contribution in [0.5, 0.6) is 0 Å². The van der Waals surface area contributed by atoms with Gasteiger partial charge in [-0.15, -0.1) is 0 Å². The summed E-state index contributed by atoms with van der Waals surface area (Å²) in [6.45, 7) is 0.723. The van der Waals surface area contributed by atoms with Crippen LogP contribution in [0.3, 0.4) is 0 Å². The molecule has 2 aromatic rings. The Hall–Kier alpha value is -2.47. The molecule has 2 fully saturated rings. The number of ether oxygens (including phenoxy) is 1. The Balaban J connectivity index is 1.31. The van der Waals surface area contributed by atoms with Crippen molar-refractivity contribution in [2.45, 2.75) is 37.8 Å². The summed E-state index contributed by atoms with van der Waals surface area (Å²) >= 11 is 0. The maximum atomic E-state index is 12.2. The third-order valence-electron chi connectivity index (χ3n) is 4.74. The van der Waals surface area contributed by atoms with Crippen molar-refractivity contribution >= 4 is 11.7 Å². The van der Waals surface area contributed by atoms with Gasteiger partial charge in [-0.1, -0.05) is 30.3 Å². The fourth-order valence-electron chi connectivity index (χ4n) is 3.24. The van der Waals surface area contributed by atoms with Gasteiger partial charge in [-0.25, -0.2) is 14.8 Å². The number of hydrogen-bond donors (Lipinski definition) is 2. The summed E-state index contributed by atoms with van der Waals surface area (Å²) in [7, 11) is 0. The van der Waals surface area contributed by atoms with Crippen molar-refractivity contribution in [3.8, 4) is 11.4 Å². The van der Waals surface area contributed by atoms with Crippen molar-refractivity contribution in [1.82, 2.24) is 15.3 Å². The molecule has 4 rings (SSSR count). The van der Waals surface area contributed by atoms with E-state index < -0.39 is 0 Å². The molecule has 2 aliphatic rings. The number of carbonyl (C=O) groups is 1. The zero-order chi connectivity index (χ0) is 17.1. The molecule has 1 aliphatic carbocycles. The van der Waals surface area contributed by atoms with Crippen LogP contribution < -0.4 is 10.6 Å². The first-order chi connectivity index (χ1) is 12.3. The predicted octanol–water partition coefficient (Wildman–Crippen LogP) is 3.22. The molecule has 130 valence electrons. The molecule has 1 aromatic heterocycles. The lowest BCUT2D eigenvalue weighted by molar-refractivity contribution is -0.00889. The van der Waals surface area contributed by atoms with Crippen LogP contribution in [-0.4, -0.2) is 34.8 Å². The maximum absolute atomic E-state index is 12.2. The minimum atomic E-state index is -0.211. The SMILES string of the molecule is O=C(Nc1cnc(-c2ccccc2)nc1)N[C@@H]1CCO[C@@H](C2CC2)C1. The smallest absolute Gasteiger partial charge is 0.319 e. The standard InChI is InChI=1S/C19H22N4O2/c24-19(22-15-8-9-25-17(10-15)13-6-7-13)23-16-11-20-18(21-12-16)14-4-2-1-3-5-14/h1-5,11-13,15,17H,6-10H2,(H2,22,23,24)/t15-,17-/m1/s1. The summed E-state index contributed by atoms with van der Waals surface area (Å²) < 4.78 is 5.80. The average Bonchev–Trinajstić information content (AvgIpc) is 3.48. The Labute approximate surface area is 147 Å². The molecule has 2 heterocycles. The van der Waals surface area contributed by atoms with Crippen LogP contribution in [0.4, 0.5) is 10.5 Å². The van der Waals surface area contributed by atoms with Crippen LogP contribution in [0.1, 0.15) is 25.7 Å². The van der Waals surface area contributed by atoms with E-state index in [1.165, 1.54) is 12.8 Å². The molecule has 0 spiro atoms. The van der Waals surface area contributed by atoms with Gasteiger partial charge in [-0.05, 0) is 31.6 Å². The fourth-order valence-corrected chi connectivity index (χ4v) is 3.24. The number of nitrogens with one attached hydrogen (secondary N) is 2. The molecule has 2 atom stereocenters. The highest BCUT2D eigenvalue weighted by Gasteiger charge is 2.36. The van der Waals surface area contributed by atoms with E-state index in [0.29, 0.717) is 23.5 Å². The van der Waals surface area contributed by atoms with Crippen LogP contribution in [0.2, 0.25) is 0 Å². The number of amides is 2. The molecule has 25 heavy (non-hydrogen) atoms. The van der Waals surface area contributed by atoms with Crippen molar-refractivity contribution in [1.29, 1.82) is 0 Å². The van der Waals surface area contributed by atoms with Gasteiger partial charge >= 0.3 is 6.03 Å². The summed E-state index contributed by atoms with van der Waals surface area (Å²) in [4.78, 5) is 20.8. The van der Waals surface area contributed by atoms with Crippen LogP contribution in [0.25, 0.3) is 11.4 Å². The van der Waals surface area contributed by atoms with Gasteiger partial charge < -0.3 is 15.4 Å². The lowest BCUT2D eigenvalue weighted by atomic mass is 10.0. The third kappa shape index (κ3) is 4.14. The van der Waals surface area contributed by atoms with Crippen LogP contribution in [-0.2, 0) is 4.74 Å². The van der Waals surface area contributed by atoms with E-state index >= 15 is 0 Å². The van der Waals surface area contributed by atoms with Crippen molar-refractivity contribution in [2.75, 3.05) is 11.9 Å². The number of hydrogen-bond acceptors (Lipinski definition) is 4. The number of anilines is 1. The van der Waals surface area contributed by atoms with E-state index in [4.69, 9.17) is 4.74 Å². The zero-order valence-corrected chi connectivity index (χ0v) is 14.0. The van der Waals surface area contributed by atoms with Gasteiger partial charge in [0.05, 0.1) is 24.2 Å². The minimum Gasteiger partial charge on any atom is -0.378 e. The molecular weight excluding hydrogens is 316 g/mol. The van der Waals surface area contributed by atoms with Gasteiger partial charge in [0, 0.05) is 18.2 Å². The molecule has 1 saturated carbocycles. The summed E-state index contributed by atoms with van der Waals surface area (Å²) in [5.74, 6) is 1.34. The molecule has 1 saturated heterocycles.